The predicted molar refractivity (Wildman–Crippen MR) is 97.4 cm³/mol. The summed E-state index contributed by atoms with van der Waals surface area (Å²) in [5, 5.41) is 3.64. The number of aryl methyl sites for hydroxylation is 1. The Morgan fingerprint density at radius 2 is 2.00 bits per heavy atom. The Bertz CT molecular complexity index is 618. The number of thiazole rings is 1. The van der Waals surface area contributed by atoms with Crippen LogP contribution in [0.2, 0.25) is 0 Å². The Kier molecular flexibility index (Phi) is 6.26. The van der Waals surface area contributed by atoms with Gasteiger partial charge < -0.3 is 19.7 Å². The average molecular weight is 369 g/mol. The van der Waals surface area contributed by atoms with Crippen molar-refractivity contribution in [2.75, 3.05) is 24.6 Å². The van der Waals surface area contributed by atoms with Gasteiger partial charge in [0, 0.05) is 13.1 Å². The van der Waals surface area contributed by atoms with E-state index in [1.807, 2.05) is 20.8 Å². The molecule has 1 aliphatic rings. The van der Waals surface area contributed by atoms with E-state index in [1.54, 1.807) is 6.92 Å². The van der Waals surface area contributed by atoms with E-state index in [0.717, 1.165) is 23.7 Å². The number of nitrogens with zero attached hydrogens (tertiary/aromatic N) is 2. The number of carbonyl (C=O) groups excluding carboxylic acids is 2. The lowest BCUT2D eigenvalue weighted by Gasteiger charge is -2.39. The maximum absolute atomic E-state index is 12.1. The molecule has 25 heavy (non-hydrogen) atoms. The van der Waals surface area contributed by atoms with Crippen LogP contribution in [0.1, 0.15) is 56.4 Å². The van der Waals surface area contributed by atoms with Gasteiger partial charge >= 0.3 is 12.1 Å². The smallest absolute Gasteiger partial charge is 0.407 e. The van der Waals surface area contributed by atoms with Crippen LogP contribution in [0.3, 0.4) is 0 Å². The van der Waals surface area contributed by atoms with E-state index >= 15 is 0 Å². The number of carbonyl (C=O) groups is 2. The number of amides is 1. The van der Waals surface area contributed by atoms with Crippen molar-refractivity contribution in [1.29, 1.82) is 0 Å². The summed E-state index contributed by atoms with van der Waals surface area (Å²) < 4.78 is 10.4. The van der Waals surface area contributed by atoms with Gasteiger partial charge in [0.25, 0.3) is 0 Å². The van der Waals surface area contributed by atoms with Crippen molar-refractivity contribution in [2.24, 2.45) is 0 Å². The molecular weight excluding hydrogens is 342 g/mol. The largest absolute Gasteiger partial charge is 0.462 e. The molecule has 0 radical (unpaired) electrons. The van der Waals surface area contributed by atoms with Gasteiger partial charge in [-0.15, -0.1) is 0 Å². The number of nitrogens with one attached hydrogen (secondary N) is 1. The highest BCUT2D eigenvalue weighted by atomic mass is 32.1. The molecule has 1 saturated heterocycles. The zero-order valence-electron chi connectivity index (χ0n) is 15.5. The van der Waals surface area contributed by atoms with Crippen LogP contribution in [0.15, 0.2) is 0 Å². The van der Waals surface area contributed by atoms with E-state index < -0.39 is 11.7 Å². The molecule has 0 bridgehead atoms. The van der Waals surface area contributed by atoms with Crippen LogP contribution in [-0.4, -0.2) is 48.4 Å². The first-order valence-electron chi connectivity index (χ1n) is 8.64. The van der Waals surface area contributed by atoms with Crippen LogP contribution >= 0.6 is 11.3 Å². The van der Waals surface area contributed by atoms with Crippen molar-refractivity contribution < 1.29 is 19.1 Å². The highest BCUT2D eigenvalue weighted by Gasteiger charge is 2.33. The van der Waals surface area contributed by atoms with Gasteiger partial charge in [-0.2, -0.15) is 0 Å². The number of esters is 1. The summed E-state index contributed by atoms with van der Waals surface area (Å²) in [4.78, 5) is 31.1. The quantitative estimate of drug-likeness (QED) is 0.777. The first kappa shape index (κ1) is 19.5. The number of ether oxygens (including phenoxy) is 2. The molecule has 1 aromatic rings. The van der Waals surface area contributed by atoms with Crippen LogP contribution in [0.5, 0.6) is 0 Å². The van der Waals surface area contributed by atoms with Crippen LogP contribution in [-0.2, 0) is 15.9 Å². The van der Waals surface area contributed by atoms with Gasteiger partial charge in [-0.05, 0) is 34.1 Å². The Hall–Kier alpha value is -1.83. The van der Waals surface area contributed by atoms with Gasteiger partial charge in [0.1, 0.15) is 10.5 Å². The molecule has 1 aliphatic heterocycles. The number of rotatable bonds is 6. The second-order valence-corrected chi connectivity index (χ2v) is 7.97. The third kappa shape index (κ3) is 5.32. The van der Waals surface area contributed by atoms with Crippen molar-refractivity contribution in [3.8, 4) is 0 Å². The highest BCUT2D eigenvalue weighted by molar-refractivity contribution is 7.17. The minimum Gasteiger partial charge on any atom is -0.462 e. The zero-order chi connectivity index (χ0) is 18.6. The lowest BCUT2D eigenvalue weighted by atomic mass is 10.1. The number of hydrogen-bond acceptors (Lipinski definition) is 7. The number of anilines is 1. The molecule has 1 fully saturated rings. The minimum atomic E-state index is -0.508. The topological polar surface area (TPSA) is 80.8 Å². The van der Waals surface area contributed by atoms with Crippen LogP contribution in [0.25, 0.3) is 0 Å². The van der Waals surface area contributed by atoms with Crippen LogP contribution < -0.4 is 10.2 Å². The normalized spacial score (nSPS) is 14.8. The van der Waals surface area contributed by atoms with Crippen molar-refractivity contribution >= 4 is 28.5 Å². The Morgan fingerprint density at radius 1 is 1.32 bits per heavy atom. The summed E-state index contributed by atoms with van der Waals surface area (Å²) in [5.41, 5.74) is 0.288. The van der Waals surface area contributed by atoms with Gasteiger partial charge in [0.15, 0.2) is 5.13 Å². The summed E-state index contributed by atoms with van der Waals surface area (Å²) in [7, 11) is 0. The summed E-state index contributed by atoms with van der Waals surface area (Å²) in [6, 6.07) is 0.0272. The molecule has 2 heterocycles. The summed E-state index contributed by atoms with van der Waals surface area (Å²) in [6.07, 6.45) is 1.26. The Morgan fingerprint density at radius 3 is 2.56 bits per heavy atom. The third-order valence-corrected chi connectivity index (χ3v) is 4.65. The number of hydrogen-bond donors (Lipinski definition) is 1. The molecule has 1 aromatic heterocycles. The standard InChI is InChI=1S/C17H27N3O4S/c1-6-8-12-13(14(21)23-7-2)25-15(19-12)20-9-11(10-20)18-16(22)24-17(3,4)5/h11H,6-10H2,1-5H3,(H,18,22). The Labute approximate surface area is 152 Å². The molecule has 0 saturated carbocycles. The van der Waals surface area contributed by atoms with Crippen molar-refractivity contribution in [2.45, 2.75) is 59.1 Å². The zero-order valence-corrected chi connectivity index (χ0v) is 16.4. The molecular formula is C17H27N3O4S. The molecule has 0 aromatic carbocycles. The van der Waals surface area contributed by atoms with E-state index in [2.05, 4.69) is 22.1 Å². The lowest BCUT2D eigenvalue weighted by Crippen LogP contribution is -2.60. The van der Waals surface area contributed by atoms with Gasteiger partial charge in [-0.25, -0.2) is 14.6 Å². The maximum atomic E-state index is 12.1. The third-order valence-electron chi connectivity index (χ3n) is 3.51. The molecule has 7 nitrogen and oxygen atoms in total. The second-order valence-electron chi connectivity index (χ2n) is 6.99. The van der Waals surface area contributed by atoms with Crippen molar-refractivity contribution in [1.82, 2.24) is 10.3 Å². The first-order chi connectivity index (χ1) is 11.7. The van der Waals surface area contributed by atoms with E-state index in [-0.39, 0.29) is 12.0 Å². The lowest BCUT2D eigenvalue weighted by molar-refractivity contribution is 0.0493. The first-order valence-corrected chi connectivity index (χ1v) is 9.46. The maximum Gasteiger partial charge on any atom is 0.407 e. The molecule has 0 unspecified atom stereocenters. The predicted octanol–water partition coefficient (Wildman–Crippen LogP) is 2.99. The molecule has 0 aliphatic carbocycles. The average Bonchev–Trinajstić information content (AvgIpc) is 2.84. The molecule has 1 N–H and O–H groups in total. The van der Waals surface area contributed by atoms with Gasteiger partial charge in [-0.3, -0.25) is 0 Å². The Balaban J connectivity index is 1.94. The molecule has 2 rings (SSSR count). The van der Waals surface area contributed by atoms with Gasteiger partial charge in [0.2, 0.25) is 0 Å². The van der Waals surface area contributed by atoms with Crippen LogP contribution in [0, 0.1) is 0 Å². The molecule has 140 valence electrons. The molecule has 1 amide bonds. The summed E-state index contributed by atoms with van der Waals surface area (Å²) in [6.45, 7) is 11.0. The van der Waals surface area contributed by atoms with E-state index in [0.29, 0.717) is 24.6 Å². The SMILES string of the molecule is CCCc1nc(N2CC(NC(=O)OC(C)(C)C)C2)sc1C(=O)OCC. The number of alkyl carbamates (subject to hydrolysis) is 1. The molecule has 8 heteroatoms. The van der Waals surface area contributed by atoms with Crippen LogP contribution in [0.4, 0.5) is 9.93 Å². The monoisotopic (exact) mass is 369 g/mol. The fourth-order valence-corrected chi connectivity index (χ4v) is 3.46. The van der Waals surface area contributed by atoms with E-state index in [1.165, 1.54) is 11.3 Å². The molecule has 0 atom stereocenters. The summed E-state index contributed by atoms with van der Waals surface area (Å²) >= 11 is 1.36. The summed E-state index contributed by atoms with van der Waals surface area (Å²) in [5.74, 6) is -0.307. The van der Waals surface area contributed by atoms with Crippen molar-refractivity contribution in [3.05, 3.63) is 10.6 Å². The second kappa shape index (κ2) is 8.03. The highest BCUT2D eigenvalue weighted by Crippen LogP contribution is 2.31. The van der Waals surface area contributed by atoms with Crippen molar-refractivity contribution in [3.63, 3.8) is 0 Å². The fourth-order valence-electron chi connectivity index (χ4n) is 2.44. The fraction of sp³-hybridized carbons (Fsp3) is 0.706. The van der Waals surface area contributed by atoms with E-state index in [4.69, 9.17) is 9.47 Å². The minimum absolute atomic E-state index is 0.0272. The van der Waals surface area contributed by atoms with Gasteiger partial charge in [0.05, 0.1) is 18.3 Å². The van der Waals surface area contributed by atoms with E-state index in [9.17, 15) is 9.59 Å². The van der Waals surface area contributed by atoms with Gasteiger partial charge in [-0.1, -0.05) is 24.7 Å². The number of aromatic nitrogens is 1. The molecule has 0 spiro atoms.